The molecule has 1 fully saturated rings. The lowest BCUT2D eigenvalue weighted by atomic mass is 10.2. The van der Waals surface area contributed by atoms with E-state index >= 15 is 0 Å². The summed E-state index contributed by atoms with van der Waals surface area (Å²) in [6.45, 7) is 2.17. The van der Waals surface area contributed by atoms with Crippen LogP contribution in [0.3, 0.4) is 0 Å². The Morgan fingerprint density at radius 1 is 1.18 bits per heavy atom. The first kappa shape index (κ1) is 11.9. The fraction of sp³-hybridized carbons (Fsp3) is 0.417. The van der Waals surface area contributed by atoms with Crippen LogP contribution < -0.4 is 4.90 Å². The normalized spacial score (nSPS) is 16.1. The number of piperazine rings is 1. The van der Waals surface area contributed by atoms with Gasteiger partial charge in [-0.05, 0) is 24.3 Å². The number of hydrogen-bond donors (Lipinski definition) is 1. The summed E-state index contributed by atoms with van der Waals surface area (Å²) in [7, 11) is 0. The van der Waals surface area contributed by atoms with Gasteiger partial charge in [-0.3, -0.25) is 4.79 Å². The molecular weight excluding hydrogens is 223 g/mol. The second kappa shape index (κ2) is 5.14. The van der Waals surface area contributed by atoms with Gasteiger partial charge in [-0.1, -0.05) is 0 Å². The number of carbonyl (C=O) groups excluding carboxylic acids is 1. The van der Waals surface area contributed by atoms with Gasteiger partial charge in [0.15, 0.2) is 0 Å². The van der Waals surface area contributed by atoms with Crippen LogP contribution in [0.5, 0.6) is 0 Å². The standard InChI is InChI=1S/C12H15FN2O2/c13-10-1-3-11(4-2-10)14-5-7-15(8-6-14)12(17)9-16/h1-4,16H,5-9H2. The molecule has 2 rings (SSSR count). The number of aliphatic hydroxyl groups excluding tert-OH is 1. The van der Waals surface area contributed by atoms with Gasteiger partial charge in [-0.2, -0.15) is 0 Å². The Hall–Kier alpha value is -1.62. The zero-order valence-electron chi connectivity index (χ0n) is 9.47. The largest absolute Gasteiger partial charge is 0.387 e. The minimum absolute atomic E-state index is 0.233. The summed E-state index contributed by atoms with van der Waals surface area (Å²) < 4.78 is 12.8. The Morgan fingerprint density at radius 2 is 1.76 bits per heavy atom. The van der Waals surface area contributed by atoms with Gasteiger partial charge in [0.2, 0.25) is 5.91 Å². The average molecular weight is 238 g/mol. The summed E-state index contributed by atoms with van der Waals surface area (Å²) in [4.78, 5) is 15.0. The number of benzene rings is 1. The predicted octanol–water partition coefficient (Wildman–Crippen LogP) is 0.467. The molecule has 1 heterocycles. The first-order valence-corrected chi connectivity index (χ1v) is 5.60. The number of amides is 1. The van der Waals surface area contributed by atoms with Crippen molar-refractivity contribution in [3.63, 3.8) is 0 Å². The second-order valence-corrected chi connectivity index (χ2v) is 4.00. The molecule has 0 radical (unpaired) electrons. The van der Waals surface area contributed by atoms with E-state index < -0.39 is 6.61 Å². The van der Waals surface area contributed by atoms with Gasteiger partial charge in [-0.25, -0.2) is 4.39 Å². The minimum Gasteiger partial charge on any atom is -0.387 e. The molecule has 0 atom stereocenters. The van der Waals surface area contributed by atoms with Crippen LogP contribution in [-0.2, 0) is 4.79 Å². The molecule has 0 bridgehead atoms. The van der Waals surface area contributed by atoms with Crippen LogP contribution in [0.1, 0.15) is 0 Å². The molecule has 0 aliphatic carbocycles. The van der Waals surface area contributed by atoms with Crippen molar-refractivity contribution in [3.05, 3.63) is 30.1 Å². The van der Waals surface area contributed by atoms with Crippen LogP contribution in [-0.4, -0.2) is 48.7 Å². The van der Waals surface area contributed by atoms with Gasteiger partial charge in [-0.15, -0.1) is 0 Å². The number of hydrogen-bond acceptors (Lipinski definition) is 3. The third kappa shape index (κ3) is 2.74. The topological polar surface area (TPSA) is 43.8 Å². The first-order valence-electron chi connectivity index (χ1n) is 5.60. The Morgan fingerprint density at radius 3 is 2.29 bits per heavy atom. The molecule has 1 aromatic carbocycles. The summed E-state index contributed by atoms with van der Waals surface area (Å²) in [6.07, 6.45) is 0. The zero-order chi connectivity index (χ0) is 12.3. The van der Waals surface area contributed by atoms with Gasteiger partial charge in [0.05, 0.1) is 0 Å². The monoisotopic (exact) mass is 238 g/mol. The smallest absolute Gasteiger partial charge is 0.248 e. The third-order valence-corrected chi connectivity index (χ3v) is 2.96. The van der Waals surface area contributed by atoms with Crippen molar-refractivity contribution in [1.29, 1.82) is 0 Å². The number of carbonyl (C=O) groups is 1. The molecule has 4 nitrogen and oxygen atoms in total. The molecule has 1 aliphatic heterocycles. The maximum atomic E-state index is 12.8. The fourth-order valence-corrected chi connectivity index (χ4v) is 1.97. The summed E-state index contributed by atoms with van der Waals surface area (Å²) in [5.74, 6) is -0.480. The lowest BCUT2D eigenvalue weighted by molar-refractivity contribution is -0.134. The Bertz CT molecular complexity index is 386. The Balaban J connectivity index is 1.95. The maximum absolute atomic E-state index is 12.8. The highest BCUT2D eigenvalue weighted by molar-refractivity contribution is 5.77. The second-order valence-electron chi connectivity index (χ2n) is 4.00. The zero-order valence-corrected chi connectivity index (χ0v) is 9.47. The molecule has 1 N–H and O–H groups in total. The first-order chi connectivity index (χ1) is 8.20. The van der Waals surface area contributed by atoms with Crippen molar-refractivity contribution in [2.75, 3.05) is 37.7 Å². The Labute approximate surface area is 99.3 Å². The van der Waals surface area contributed by atoms with Crippen molar-refractivity contribution in [1.82, 2.24) is 4.90 Å². The lowest BCUT2D eigenvalue weighted by Gasteiger charge is -2.35. The van der Waals surface area contributed by atoms with E-state index in [2.05, 4.69) is 4.90 Å². The quantitative estimate of drug-likeness (QED) is 0.814. The van der Waals surface area contributed by atoms with E-state index in [1.807, 2.05) is 0 Å². The minimum atomic E-state index is -0.434. The summed E-state index contributed by atoms with van der Waals surface area (Å²) in [5.41, 5.74) is 0.961. The molecule has 17 heavy (non-hydrogen) atoms. The van der Waals surface area contributed by atoms with Gasteiger partial charge >= 0.3 is 0 Å². The Kier molecular flexibility index (Phi) is 3.58. The van der Waals surface area contributed by atoms with Gasteiger partial charge in [0.1, 0.15) is 12.4 Å². The van der Waals surface area contributed by atoms with E-state index in [1.165, 1.54) is 12.1 Å². The van der Waals surface area contributed by atoms with Crippen LogP contribution in [0, 0.1) is 5.82 Å². The fourth-order valence-electron chi connectivity index (χ4n) is 1.97. The molecule has 1 aliphatic rings. The number of rotatable bonds is 2. The van der Waals surface area contributed by atoms with Gasteiger partial charge < -0.3 is 14.9 Å². The van der Waals surface area contributed by atoms with Crippen LogP contribution in [0.25, 0.3) is 0 Å². The molecule has 0 aromatic heterocycles. The molecule has 92 valence electrons. The van der Waals surface area contributed by atoms with Crippen LogP contribution in [0.15, 0.2) is 24.3 Å². The van der Waals surface area contributed by atoms with Gasteiger partial charge in [0.25, 0.3) is 0 Å². The lowest BCUT2D eigenvalue weighted by Crippen LogP contribution is -2.49. The molecule has 5 heteroatoms. The molecule has 0 saturated carbocycles. The number of aliphatic hydroxyl groups is 1. The predicted molar refractivity (Wildman–Crippen MR) is 62.3 cm³/mol. The van der Waals surface area contributed by atoms with E-state index in [-0.39, 0.29) is 11.7 Å². The van der Waals surface area contributed by atoms with E-state index in [1.54, 1.807) is 17.0 Å². The number of halogens is 1. The van der Waals surface area contributed by atoms with Crippen LogP contribution in [0.2, 0.25) is 0 Å². The molecule has 1 aromatic rings. The van der Waals surface area contributed by atoms with E-state index in [0.29, 0.717) is 26.2 Å². The van der Waals surface area contributed by atoms with Crippen molar-refractivity contribution in [2.24, 2.45) is 0 Å². The summed E-state index contributed by atoms with van der Waals surface area (Å²) in [6, 6.07) is 6.33. The number of anilines is 1. The van der Waals surface area contributed by atoms with Crippen LogP contribution in [0.4, 0.5) is 10.1 Å². The number of nitrogens with zero attached hydrogens (tertiary/aromatic N) is 2. The molecule has 0 unspecified atom stereocenters. The molecule has 0 spiro atoms. The maximum Gasteiger partial charge on any atom is 0.248 e. The molecular formula is C12H15FN2O2. The van der Waals surface area contributed by atoms with Crippen molar-refractivity contribution in [2.45, 2.75) is 0 Å². The summed E-state index contributed by atoms with van der Waals surface area (Å²) in [5, 5.41) is 8.75. The molecule has 1 saturated heterocycles. The third-order valence-electron chi connectivity index (χ3n) is 2.96. The van der Waals surface area contributed by atoms with Crippen molar-refractivity contribution >= 4 is 11.6 Å². The van der Waals surface area contributed by atoms with E-state index in [0.717, 1.165) is 5.69 Å². The SMILES string of the molecule is O=C(CO)N1CCN(c2ccc(F)cc2)CC1. The highest BCUT2D eigenvalue weighted by Crippen LogP contribution is 2.16. The highest BCUT2D eigenvalue weighted by atomic mass is 19.1. The highest BCUT2D eigenvalue weighted by Gasteiger charge is 2.20. The molecule has 1 amide bonds. The van der Waals surface area contributed by atoms with E-state index in [4.69, 9.17) is 5.11 Å². The van der Waals surface area contributed by atoms with Crippen molar-refractivity contribution < 1.29 is 14.3 Å². The summed E-state index contributed by atoms with van der Waals surface area (Å²) >= 11 is 0. The van der Waals surface area contributed by atoms with E-state index in [9.17, 15) is 9.18 Å². The van der Waals surface area contributed by atoms with Crippen molar-refractivity contribution in [3.8, 4) is 0 Å². The average Bonchev–Trinajstić information content (AvgIpc) is 2.39. The van der Waals surface area contributed by atoms with Gasteiger partial charge in [0, 0.05) is 31.9 Å². The van der Waals surface area contributed by atoms with Crippen LogP contribution >= 0.6 is 0 Å².